The summed E-state index contributed by atoms with van der Waals surface area (Å²) < 4.78 is 10.2. The van der Waals surface area contributed by atoms with Crippen LogP contribution in [0.3, 0.4) is 0 Å². The highest BCUT2D eigenvalue weighted by atomic mass is 16.5. The molecule has 0 amide bonds. The van der Waals surface area contributed by atoms with Crippen molar-refractivity contribution in [1.29, 1.82) is 5.26 Å². The van der Waals surface area contributed by atoms with Crippen molar-refractivity contribution in [2.75, 3.05) is 7.11 Å². The zero-order chi connectivity index (χ0) is 11.5. The van der Waals surface area contributed by atoms with Gasteiger partial charge in [0, 0.05) is 6.07 Å². The lowest BCUT2D eigenvalue weighted by Crippen LogP contribution is -1.88. The van der Waals surface area contributed by atoms with Gasteiger partial charge in [0.15, 0.2) is 11.5 Å². The molecule has 16 heavy (non-hydrogen) atoms. The number of nitrogens with zero attached hydrogens (tertiary/aromatic N) is 1. The summed E-state index contributed by atoms with van der Waals surface area (Å²) in [5.74, 6) is 0.717. The van der Waals surface area contributed by atoms with Crippen molar-refractivity contribution in [3.05, 3.63) is 36.1 Å². The van der Waals surface area contributed by atoms with Crippen LogP contribution in [0.1, 0.15) is 5.56 Å². The lowest BCUT2D eigenvalue weighted by atomic mass is 10.1. The largest absolute Gasteiger partial charge is 0.504 e. The van der Waals surface area contributed by atoms with Crippen molar-refractivity contribution in [3.63, 3.8) is 0 Å². The van der Waals surface area contributed by atoms with Gasteiger partial charge in [0.2, 0.25) is 0 Å². The van der Waals surface area contributed by atoms with E-state index in [4.69, 9.17) is 14.4 Å². The number of nitriles is 1. The van der Waals surface area contributed by atoms with E-state index in [9.17, 15) is 5.11 Å². The fourth-order valence-corrected chi connectivity index (χ4v) is 1.45. The zero-order valence-corrected chi connectivity index (χ0v) is 8.60. The fraction of sp³-hybridized carbons (Fsp3) is 0.0833. The molecule has 0 bridgehead atoms. The summed E-state index contributed by atoms with van der Waals surface area (Å²) in [6.45, 7) is 0. The number of benzene rings is 1. The van der Waals surface area contributed by atoms with E-state index < -0.39 is 0 Å². The number of furan rings is 1. The molecule has 0 saturated heterocycles. The summed E-state index contributed by atoms with van der Waals surface area (Å²) in [5, 5.41) is 18.7. The van der Waals surface area contributed by atoms with E-state index >= 15 is 0 Å². The Kier molecular flexibility index (Phi) is 2.52. The first-order valence-electron chi connectivity index (χ1n) is 4.61. The van der Waals surface area contributed by atoms with Crippen LogP contribution in [0.2, 0.25) is 0 Å². The Morgan fingerprint density at radius 3 is 2.81 bits per heavy atom. The highest BCUT2D eigenvalue weighted by Gasteiger charge is 2.13. The van der Waals surface area contributed by atoms with Crippen LogP contribution in [0.25, 0.3) is 11.3 Å². The minimum Gasteiger partial charge on any atom is -0.504 e. The van der Waals surface area contributed by atoms with Gasteiger partial charge in [-0.15, -0.1) is 0 Å². The van der Waals surface area contributed by atoms with Crippen LogP contribution in [0, 0.1) is 11.3 Å². The van der Waals surface area contributed by atoms with E-state index in [0.717, 1.165) is 0 Å². The second-order valence-electron chi connectivity index (χ2n) is 3.16. The molecular weight excluding hydrogens is 206 g/mol. The summed E-state index contributed by atoms with van der Waals surface area (Å²) in [6.07, 6.45) is 1.50. The van der Waals surface area contributed by atoms with E-state index in [2.05, 4.69) is 0 Å². The van der Waals surface area contributed by atoms with Crippen molar-refractivity contribution in [1.82, 2.24) is 0 Å². The summed E-state index contributed by atoms with van der Waals surface area (Å²) in [5.41, 5.74) is 0.849. The number of methoxy groups -OCH3 is 1. The topological polar surface area (TPSA) is 66.4 Å². The monoisotopic (exact) mass is 215 g/mol. The molecule has 80 valence electrons. The molecule has 2 aromatic rings. The Hall–Kier alpha value is -2.41. The first-order chi connectivity index (χ1) is 7.76. The number of phenolic OH excluding ortho intramolecular Hbond substituents is 1. The summed E-state index contributed by atoms with van der Waals surface area (Å²) in [7, 11) is 1.43. The molecule has 1 aromatic heterocycles. The third-order valence-corrected chi connectivity index (χ3v) is 2.21. The van der Waals surface area contributed by atoms with Gasteiger partial charge in [-0.3, -0.25) is 0 Å². The van der Waals surface area contributed by atoms with Crippen LogP contribution in [0.15, 0.2) is 34.9 Å². The highest BCUT2D eigenvalue weighted by molar-refractivity contribution is 5.71. The molecule has 0 aliphatic rings. The normalized spacial score (nSPS) is 9.75. The fourth-order valence-electron chi connectivity index (χ4n) is 1.45. The quantitative estimate of drug-likeness (QED) is 0.835. The molecule has 0 spiro atoms. The molecule has 1 heterocycles. The third kappa shape index (κ3) is 1.59. The van der Waals surface area contributed by atoms with Crippen LogP contribution in [0.5, 0.6) is 11.5 Å². The molecule has 2 rings (SSSR count). The zero-order valence-electron chi connectivity index (χ0n) is 8.60. The van der Waals surface area contributed by atoms with Gasteiger partial charge >= 0.3 is 0 Å². The van der Waals surface area contributed by atoms with E-state index in [0.29, 0.717) is 16.9 Å². The van der Waals surface area contributed by atoms with Crippen molar-refractivity contribution in [2.24, 2.45) is 0 Å². The maximum absolute atomic E-state index is 9.89. The van der Waals surface area contributed by atoms with Gasteiger partial charge in [-0.2, -0.15) is 5.26 Å². The number of hydrogen-bond acceptors (Lipinski definition) is 4. The van der Waals surface area contributed by atoms with Gasteiger partial charge in [-0.05, 0) is 18.2 Å². The smallest absolute Gasteiger partial charge is 0.168 e. The van der Waals surface area contributed by atoms with Gasteiger partial charge in [-0.25, -0.2) is 0 Å². The molecule has 0 saturated carbocycles. The van der Waals surface area contributed by atoms with Gasteiger partial charge in [0.05, 0.1) is 30.6 Å². The maximum atomic E-state index is 9.89. The number of hydrogen-bond donors (Lipinski definition) is 1. The standard InChI is InChI=1S/C12H9NO3/c1-15-11-6-8(7-13)5-9(12(11)14)10-3-2-4-16-10/h2-6,14H,1H3. The first kappa shape index (κ1) is 10.1. The number of aromatic hydroxyl groups is 1. The second kappa shape index (κ2) is 3.99. The van der Waals surface area contributed by atoms with Crippen molar-refractivity contribution < 1.29 is 14.3 Å². The third-order valence-electron chi connectivity index (χ3n) is 2.21. The summed E-state index contributed by atoms with van der Waals surface area (Å²) in [6, 6.07) is 8.44. The molecule has 4 nitrogen and oxygen atoms in total. The molecule has 0 radical (unpaired) electrons. The van der Waals surface area contributed by atoms with Gasteiger partial charge < -0.3 is 14.3 Å². The van der Waals surface area contributed by atoms with Crippen LogP contribution >= 0.6 is 0 Å². The maximum Gasteiger partial charge on any atom is 0.168 e. The van der Waals surface area contributed by atoms with Crippen molar-refractivity contribution >= 4 is 0 Å². The lowest BCUT2D eigenvalue weighted by molar-refractivity contribution is 0.373. The van der Waals surface area contributed by atoms with Gasteiger partial charge in [0.25, 0.3) is 0 Å². The Bertz CT molecular complexity index is 538. The van der Waals surface area contributed by atoms with Crippen LogP contribution in [-0.4, -0.2) is 12.2 Å². The molecule has 0 fully saturated rings. The molecule has 0 aliphatic heterocycles. The predicted octanol–water partition coefficient (Wildman–Crippen LogP) is 2.53. The molecule has 0 aliphatic carbocycles. The summed E-state index contributed by atoms with van der Waals surface area (Å²) in [4.78, 5) is 0. The summed E-state index contributed by atoms with van der Waals surface area (Å²) >= 11 is 0. The molecule has 4 heteroatoms. The predicted molar refractivity (Wildman–Crippen MR) is 57.1 cm³/mol. The molecular formula is C12H9NO3. The van der Waals surface area contributed by atoms with Gasteiger partial charge in [-0.1, -0.05) is 0 Å². The average Bonchev–Trinajstić information content (AvgIpc) is 2.83. The number of ether oxygens (including phenoxy) is 1. The minimum absolute atomic E-state index is 0.0311. The molecule has 0 atom stereocenters. The van der Waals surface area contributed by atoms with Crippen LogP contribution in [-0.2, 0) is 0 Å². The molecule has 1 aromatic carbocycles. The second-order valence-corrected chi connectivity index (χ2v) is 3.16. The van der Waals surface area contributed by atoms with Gasteiger partial charge in [0.1, 0.15) is 5.76 Å². The SMILES string of the molecule is COc1cc(C#N)cc(-c2ccco2)c1O. The Morgan fingerprint density at radius 1 is 1.44 bits per heavy atom. The number of phenols is 1. The van der Waals surface area contributed by atoms with E-state index in [1.165, 1.54) is 19.4 Å². The van der Waals surface area contributed by atoms with Crippen LogP contribution in [0.4, 0.5) is 0 Å². The number of rotatable bonds is 2. The van der Waals surface area contributed by atoms with E-state index in [1.54, 1.807) is 18.2 Å². The van der Waals surface area contributed by atoms with E-state index in [1.807, 2.05) is 6.07 Å². The molecule has 1 N–H and O–H groups in total. The minimum atomic E-state index is -0.0311. The van der Waals surface area contributed by atoms with Crippen molar-refractivity contribution in [2.45, 2.75) is 0 Å². The van der Waals surface area contributed by atoms with E-state index in [-0.39, 0.29) is 11.5 Å². The lowest BCUT2D eigenvalue weighted by Gasteiger charge is -2.07. The Morgan fingerprint density at radius 2 is 2.25 bits per heavy atom. The first-order valence-corrected chi connectivity index (χ1v) is 4.61. The Balaban J connectivity index is 2.65. The average molecular weight is 215 g/mol. The Labute approximate surface area is 92.3 Å². The van der Waals surface area contributed by atoms with Crippen molar-refractivity contribution in [3.8, 4) is 28.9 Å². The highest BCUT2D eigenvalue weighted by Crippen LogP contribution is 2.38. The molecule has 0 unspecified atom stereocenters. The van der Waals surface area contributed by atoms with Crippen LogP contribution < -0.4 is 4.74 Å².